The molecular formula is C15H10F12O5. The number of ether oxygens (including phenoxy) is 4. The minimum Gasteiger partial charge on any atom is -0.484 e. The molecule has 0 heterocycles. The molecule has 184 valence electrons. The normalized spacial score (nSPS) is 13.0. The molecule has 17 heteroatoms. The van der Waals surface area contributed by atoms with Gasteiger partial charge in [-0.3, -0.25) is 0 Å². The predicted octanol–water partition coefficient (Wildman–Crippen LogP) is 5.23. The van der Waals surface area contributed by atoms with Crippen LogP contribution in [0.3, 0.4) is 0 Å². The van der Waals surface area contributed by atoms with Gasteiger partial charge in [-0.1, -0.05) is 0 Å². The number of benzene rings is 1. The highest BCUT2D eigenvalue weighted by Gasteiger charge is 2.36. The quantitative estimate of drug-likeness (QED) is 0.363. The van der Waals surface area contributed by atoms with E-state index >= 15 is 0 Å². The number of alkyl halides is 12. The number of carbonyl (C=O) groups is 1. The Bertz CT molecular complexity index is 740. The summed E-state index contributed by atoms with van der Waals surface area (Å²) in [5.41, 5.74) is -1.47. The van der Waals surface area contributed by atoms with E-state index in [1.807, 2.05) is 0 Å². The molecule has 1 aromatic rings. The van der Waals surface area contributed by atoms with Gasteiger partial charge in [-0.2, -0.15) is 52.7 Å². The maximum atomic E-state index is 12.4. The van der Waals surface area contributed by atoms with Crippen molar-refractivity contribution in [3.05, 3.63) is 17.7 Å². The molecule has 0 spiro atoms. The number of hydrogen-bond donors (Lipinski definition) is 0. The van der Waals surface area contributed by atoms with Crippen molar-refractivity contribution in [2.45, 2.75) is 24.7 Å². The highest BCUT2D eigenvalue weighted by atomic mass is 19.4. The van der Waals surface area contributed by atoms with Crippen LogP contribution in [0.2, 0.25) is 0 Å². The third kappa shape index (κ3) is 11.0. The van der Waals surface area contributed by atoms with Crippen molar-refractivity contribution in [1.82, 2.24) is 0 Å². The first kappa shape index (κ1) is 27.3. The lowest BCUT2D eigenvalue weighted by molar-refractivity contribution is -0.161. The SMILES string of the molecule is O=C(OCC(F)(F)F)c1c(OCC(F)(F)F)cc(OCC(F)(F)F)cc1OCC(F)(F)F. The molecule has 0 aliphatic rings. The molecule has 0 atom stereocenters. The topological polar surface area (TPSA) is 54.0 Å². The Morgan fingerprint density at radius 2 is 0.938 bits per heavy atom. The molecule has 0 amide bonds. The molecule has 0 fully saturated rings. The number of hydrogen-bond acceptors (Lipinski definition) is 5. The van der Waals surface area contributed by atoms with Crippen molar-refractivity contribution in [3.63, 3.8) is 0 Å². The van der Waals surface area contributed by atoms with Gasteiger partial charge >= 0.3 is 30.7 Å². The minimum atomic E-state index is -5.13. The van der Waals surface area contributed by atoms with E-state index in [-0.39, 0.29) is 12.1 Å². The van der Waals surface area contributed by atoms with Crippen molar-refractivity contribution in [2.75, 3.05) is 26.4 Å². The van der Waals surface area contributed by atoms with E-state index in [2.05, 4.69) is 18.9 Å². The summed E-state index contributed by atoms with van der Waals surface area (Å²) in [6.07, 6.45) is -20.4. The first-order valence-electron chi connectivity index (χ1n) is 7.76. The summed E-state index contributed by atoms with van der Waals surface area (Å²) in [7, 11) is 0. The van der Waals surface area contributed by atoms with E-state index in [9.17, 15) is 57.5 Å². The van der Waals surface area contributed by atoms with Crippen LogP contribution in [0.4, 0.5) is 52.7 Å². The van der Waals surface area contributed by atoms with Crippen molar-refractivity contribution in [2.24, 2.45) is 0 Å². The molecule has 0 radical (unpaired) electrons. The monoisotopic (exact) mass is 498 g/mol. The summed E-state index contributed by atoms with van der Waals surface area (Å²) in [5, 5.41) is 0. The van der Waals surface area contributed by atoms with E-state index in [0.29, 0.717) is 0 Å². The summed E-state index contributed by atoms with van der Waals surface area (Å²) >= 11 is 0. The van der Waals surface area contributed by atoms with E-state index in [1.54, 1.807) is 0 Å². The first-order valence-corrected chi connectivity index (χ1v) is 7.76. The molecule has 0 N–H and O–H groups in total. The number of rotatable bonds is 8. The summed E-state index contributed by atoms with van der Waals surface area (Å²) in [4.78, 5) is 11.9. The molecule has 0 aliphatic carbocycles. The van der Waals surface area contributed by atoms with E-state index in [4.69, 9.17) is 0 Å². The van der Waals surface area contributed by atoms with Gasteiger partial charge < -0.3 is 18.9 Å². The van der Waals surface area contributed by atoms with Crippen LogP contribution >= 0.6 is 0 Å². The maximum absolute atomic E-state index is 12.4. The van der Waals surface area contributed by atoms with Crippen LogP contribution in [0.1, 0.15) is 10.4 Å². The average molecular weight is 498 g/mol. The molecule has 0 aliphatic heterocycles. The van der Waals surface area contributed by atoms with Gasteiger partial charge in [0.05, 0.1) is 0 Å². The number of esters is 1. The molecule has 32 heavy (non-hydrogen) atoms. The summed E-state index contributed by atoms with van der Waals surface area (Å²) in [5.74, 6) is -5.99. The zero-order valence-electron chi connectivity index (χ0n) is 15.1. The Morgan fingerprint density at radius 1 is 0.594 bits per heavy atom. The van der Waals surface area contributed by atoms with Gasteiger partial charge in [0.2, 0.25) is 0 Å². The van der Waals surface area contributed by atoms with Gasteiger partial charge in [0.25, 0.3) is 0 Å². The second-order valence-electron chi connectivity index (χ2n) is 5.70. The largest absolute Gasteiger partial charge is 0.484 e. The summed E-state index contributed by atoms with van der Waals surface area (Å²) < 4.78 is 165. The number of carbonyl (C=O) groups excluding carboxylic acids is 1. The highest BCUT2D eigenvalue weighted by Crippen LogP contribution is 2.37. The van der Waals surface area contributed by atoms with Gasteiger partial charge in [0, 0.05) is 12.1 Å². The Kier molecular flexibility index (Phi) is 8.36. The fraction of sp³-hybridized carbons (Fsp3) is 0.533. The lowest BCUT2D eigenvalue weighted by Gasteiger charge is -2.19. The van der Waals surface area contributed by atoms with E-state index < -0.39 is 79.9 Å². The molecule has 0 unspecified atom stereocenters. The molecule has 0 saturated carbocycles. The van der Waals surface area contributed by atoms with Crippen LogP contribution in [0.5, 0.6) is 17.2 Å². The zero-order chi connectivity index (χ0) is 25.0. The van der Waals surface area contributed by atoms with Crippen molar-refractivity contribution >= 4 is 5.97 Å². The average Bonchev–Trinajstić information content (AvgIpc) is 2.58. The van der Waals surface area contributed by atoms with Crippen LogP contribution in [-0.2, 0) is 4.74 Å². The fourth-order valence-corrected chi connectivity index (χ4v) is 1.78. The Labute approximate surface area is 169 Å². The number of halogens is 12. The first-order chi connectivity index (χ1) is 14.3. The Morgan fingerprint density at radius 3 is 1.28 bits per heavy atom. The van der Waals surface area contributed by atoms with Crippen LogP contribution < -0.4 is 14.2 Å². The summed E-state index contributed by atoms with van der Waals surface area (Å²) in [6, 6.07) is 0.421. The van der Waals surface area contributed by atoms with Crippen molar-refractivity contribution in [3.8, 4) is 17.2 Å². The predicted molar refractivity (Wildman–Crippen MR) is 77.4 cm³/mol. The molecule has 1 rings (SSSR count). The Hall–Kier alpha value is -2.75. The minimum absolute atomic E-state index is 0.210. The molecule has 0 saturated heterocycles. The maximum Gasteiger partial charge on any atom is 0.422 e. The van der Waals surface area contributed by atoms with Gasteiger partial charge in [-0.05, 0) is 0 Å². The van der Waals surface area contributed by atoms with Crippen molar-refractivity contribution < 1.29 is 76.4 Å². The highest BCUT2D eigenvalue weighted by molar-refractivity contribution is 5.96. The van der Waals surface area contributed by atoms with Gasteiger partial charge in [0.1, 0.15) is 22.8 Å². The van der Waals surface area contributed by atoms with Crippen LogP contribution in [0.15, 0.2) is 12.1 Å². The zero-order valence-corrected chi connectivity index (χ0v) is 15.1. The standard InChI is InChI=1S/C15H10F12O5/c16-12(17,18)3-29-7-1-8(30-4-13(19,20)21)10(11(28)32-6-15(25,26)27)9(2-7)31-5-14(22,23)24/h1-2H,3-6H2. The smallest absolute Gasteiger partial charge is 0.422 e. The third-order valence-electron chi connectivity index (χ3n) is 2.80. The third-order valence-corrected chi connectivity index (χ3v) is 2.80. The van der Waals surface area contributed by atoms with Crippen molar-refractivity contribution in [1.29, 1.82) is 0 Å². The fourth-order valence-electron chi connectivity index (χ4n) is 1.78. The van der Waals surface area contributed by atoms with Gasteiger partial charge in [-0.25, -0.2) is 4.79 Å². The van der Waals surface area contributed by atoms with E-state index in [0.717, 1.165) is 0 Å². The van der Waals surface area contributed by atoms with Crippen LogP contribution in [0, 0.1) is 0 Å². The molecule has 5 nitrogen and oxygen atoms in total. The van der Waals surface area contributed by atoms with Crippen LogP contribution in [-0.4, -0.2) is 57.1 Å². The van der Waals surface area contributed by atoms with Crippen LogP contribution in [0.25, 0.3) is 0 Å². The van der Waals surface area contributed by atoms with Gasteiger partial charge in [0.15, 0.2) is 26.4 Å². The second kappa shape index (κ2) is 9.81. The lowest BCUT2D eigenvalue weighted by atomic mass is 10.1. The van der Waals surface area contributed by atoms with Gasteiger partial charge in [-0.15, -0.1) is 0 Å². The molecule has 0 aromatic heterocycles. The lowest BCUT2D eigenvalue weighted by Crippen LogP contribution is -2.25. The van der Waals surface area contributed by atoms with E-state index in [1.165, 1.54) is 0 Å². The molecule has 1 aromatic carbocycles. The summed E-state index contributed by atoms with van der Waals surface area (Å²) in [6.45, 7) is -8.82. The molecular weight excluding hydrogens is 488 g/mol. The second-order valence-corrected chi connectivity index (χ2v) is 5.70. The molecule has 0 bridgehead atoms. The Balaban J connectivity index is 3.45.